The standard InChI is InChI=1S/C11H13F2NS/c1-7-5-14-11(6-15-7)9-4-8(12)2-3-10(9)13/h2-4,7,11,14H,5-6H2,1H3. The van der Waals surface area contributed by atoms with Crippen molar-refractivity contribution in [1.29, 1.82) is 0 Å². The average Bonchev–Trinajstić information content (AvgIpc) is 2.23. The molecule has 2 unspecified atom stereocenters. The Hall–Kier alpha value is -0.610. The summed E-state index contributed by atoms with van der Waals surface area (Å²) >= 11 is 1.78. The molecule has 1 aliphatic heterocycles. The van der Waals surface area contributed by atoms with Crippen LogP contribution in [0.5, 0.6) is 0 Å². The largest absolute Gasteiger partial charge is 0.308 e. The first-order valence-corrected chi connectivity index (χ1v) is 6.01. The summed E-state index contributed by atoms with van der Waals surface area (Å²) in [5.41, 5.74) is 0.439. The predicted molar refractivity (Wildman–Crippen MR) is 59.0 cm³/mol. The molecule has 1 aromatic rings. The molecule has 1 fully saturated rings. The maximum absolute atomic E-state index is 13.4. The highest BCUT2D eigenvalue weighted by atomic mass is 32.2. The Kier molecular flexibility index (Phi) is 3.26. The van der Waals surface area contributed by atoms with Crippen molar-refractivity contribution in [2.75, 3.05) is 12.3 Å². The van der Waals surface area contributed by atoms with Crippen LogP contribution < -0.4 is 5.32 Å². The minimum atomic E-state index is -0.378. The summed E-state index contributed by atoms with van der Waals surface area (Å²) in [7, 11) is 0. The number of hydrogen-bond acceptors (Lipinski definition) is 2. The second kappa shape index (κ2) is 4.49. The summed E-state index contributed by atoms with van der Waals surface area (Å²) in [4.78, 5) is 0. The van der Waals surface area contributed by atoms with Crippen LogP contribution in [0.15, 0.2) is 18.2 Å². The first-order valence-electron chi connectivity index (χ1n) is 4.97. The van der Waals surface area contributed by atoms with Gasteiger partial charge in [-0.25, -0.2) is 8.78 Å². The normalized spacial score (nSPS) is 26.6. The van der Waals surface area contributed by atoms with Crippen LogP contribution in [0.1, 0.15) is 18.5 Å². The van der Waals surface area contributed by atoms with E-state index in [9.17, 15) is 8.78 Å². The SMILES string of the molecule is CC1CNC(c2cc(F)ccc2F)CS1. The van der Waals surface area contributed by atoms with Crippen LogP contribution in [0, 0.1) is 11.6 Å². The molecular weight excluding hydrogens is 216 g/mol. The van der Waals surface area contributed by atoms with Gasteiger partial charge in [-0.2, -0.15) is 11.8 Å². The van der Waals surface area contributed by atoms with Crippen LogP contribution >= 0.6 is 11.8 Å². The lowest BCUT2D eigenvalue weighted by Crippen LogP contribution is -2.35. The minimum Gasteiger partial charge on any atom is -0.308 e. The van der Waals surface area contributed by atoms with Gasteiger partial charge in [0.15, 0.2) is 0 Å². The molecule has 82 valence electrons. The lowest BCUT2D eigenvalue weighted by molar-refractivity contribution is 0.515. The predicted octanol–water partition coefficient (Wildman–Crippen LogP) is 2.73. The Bertz CT molecular complexity index is 348. The third-order valence-electron chi connectivity index (χ3n) is 2.53. The van der Waals surface area contributed by atoms with Crippen LogP contribution in [0.2, 0.25) is 0 Å². The van der Waals surface area contributed by atoms with E-state index in [-0.39, 0.29) is 17.7 Å². The third-order valence-corrected chi connectivity index (χ3v) is 3.79. The van der Waals surface area contributed by atoms with Gasteiger partial charge in [-0.3, -0.25) is 0 Å². The highest BCUT2D eigenvalue weighted by Crippen LogP contribution is 2.27. The Morgan fingerprint density at radius 3 is 2.87 bits per heavy atom. The molecule has 2 rings (SSSR count). The number of rotatable bonds is 1. The van der Waals surface area contributed by atoms with Crippen molar-refractivity contribution in [3.05, 3.63) is 35.4 Å². The lowest BCUT2D eigenvalue weighted by atomic mass is 10.1. The fourth-order valence-corrected chi connectivity index (χ4v) is 2.70. The van der Waals surface area contributed by atoms with Crippen LogP contribution in [-0.2, 0) is 0 Å². The maximum atomic E-state index is 13.4. The van der Waals surface area contributed by atoms with Gasteiger partial charge in [0.05, 0.1) is 0 Å². The van der Waals surface area contributed by atoms with Crippen molar-refractivity contribution < 1.29 is 8.78 Å². The molecule has 1 N–H and O–H groups in total. The van der Waals surface area contributed by atoms with Gasteiger partial charge in [-0.15, -0.1) is 0 Å². The van der Waals surface area contributed by atoms with E-state index in [1.54, 1.807) is 11.8 Å². The fourth-order valence-electron chi connectivity index (χ4n) is 1.67. The fraction of sp³-hybridized carbons (Fsp3) is 0.455. The Morgan fingerprint density at radius 2 is 2.20 bits per heavy atom. The lowest BCUT2D eigenvalue weighted by Gasteiger charge is -2.28. The molecule has 0 aromatic heterocycles. The van der Waals surface area contributed by atoms with Crippen LogP contribution in [0.3, 0.4) is 0 Å². The van der Waals surface area contributed by atoms with E-state index >= 15 is 0 Å². The van der Waals surface area contributed by atoms with E-state index in [0.29, 0.717) is 10.8 Å². The summed E-state index contributed by atoms with van der Waals surface area (Å²) in [6.07, 6.45) is 0. The van der Waals surface area contributed by atoms with Gasteiger partial charge in [0.25, 0.3) is 0 Å². The van der Waals surface area contributed by atoms with Crippen LogP contribution in [0.25, 0.3) is 0 Å². The van der Waals surface area contributed by atoms with Gasteiger partial charge in [0, 0.05) is 29.2 Å². The first-order chi connectivity index (χ1) is 7.16. The molecule has 1 saturated heterocycles. The third kappa shape index (κ3) is 2.49. The summed E-state index contributed by atoms with van der Waals surface area (Å²) in [5.74, 6) is 0.0857. The number of benzene rings is 1. The molecule has 0 bridgehead atoms. The molecular formula is C11H13F2NS. The van der Waals surface area contributed by atoms with Crippen molar-refractivity contribution in [3.63, 3.8) is 0 Å². The molecule has 15 heavy (non-hydrogen) atoms. The molecule has 0 aliphatic carbocycles. The van der Waals surface area contributed by atoms with Gasteiger partial charge in [-0.05, 0) is 18.2 Å². The second-order valence-corrected chi connectivity index (χ2v) is 5.24. The van der Waals surface area contributed by atoms with E-state index in [0.717, 1.165) is 18.4 Å². The second-order valence-electron chi connectivity index (χ2n) is 3.77. The van der Waals surface area contributed by atoms with E-state index in [2.05, 4.69) is 12.2 Å². The number of hydrogen-bond donors (Lipinski definition) is 1. The first kappa shape index (κ1) is 10.9. The van der Waals surface area contributed by atoms with Crippen molar-refractivity contribution in [3.8, 4) is 0 Å². The zero-order valence-corrected chi connectivity index (χ0v) is 9.28. The molecule has 0 radical (unpaired) electrons. The Balaban J connectivity index is 2.18. The quantitative estimate of drug-likeness (QED) is 0.794. The average molecular weight is 229 g/mol. The Morgan fingerprint density at radius 1 is 1.40 bits per heavy atom. The zero-order chi connectivity index (χ0) is 10.8. The van der Waals surface area contributed by atoms with Crippen LogP contribution in [-0.4, -0.2) is 17.5 Å². The summed E-state index contributed by atoms with van der Waals surface area (Å²) < 4.78 is 26.4. The summed E-state index contributed by atoms with van der Waals surface area (Å²) in [6.45, 7) is 2.96. The van der Waals surface area contributed by atoms with E-state index < -0.39 is 0 Å². The minimum absolute atomic E-state index is 0.0677. The summed E-state index contributed by atoms with van der Waals surface area (Å²) in [6, 6.07) is 3.55. The smallest absolute Gasteiger partial charge is 0.128 e. The molecule has 1 aromatic carbocycles. The monoisotopic (exact) mass is 229 g/mol. The van der Waals surface area contributed by atoms with Gasteiger partial charge in [-0.1, -0.05) is 6.92 Å². The van der Waals surface area contributed by atoms with E-state index in [1.165, 1.54) is 12.1 Å². The highest BCUT2D eigenvalue weighted by Gasteiger charge is 2.22. The Labute approximate surface area is 92.3 Å². The van der Waals surface area contributed by atoms with Crippen molar-refractivity contribution >= 4 is 11.8 Å². The number of halogens is 2. The number of thioether (sulfide) groups is 1. The maximum Gasteiger partial charge on any atom is 0.128 e. The molecule has 0 amide bonds. The van der Waals surface area contributed by atoms with Gasteiger partial charge in [0.2, 0.25) is 0 Å². The van der Waals surface area contributed by atoms with Crippen LogP contribution in [0.4, 0.5) is 8.78 Å². The molecule has 1 heterocycles. The zero-order valence-electron chi connectivity index (χ0n) is 8.47. The highest BCUT2D eigenvalue weighted by molar-refractivity contribution is 8.00. The molecule has 0 spiro atoms. The van der Waals surface area contributed by atoms with Crippen molar-refractivity contribution in [1.82, 2.24) is 5.32 Å². The summed E-state index contributed by atoms with van der Waals surface area (Å²) in [5, 5.41) is 3.77. The topological polar surface area (TPSA) is 12.0 Å². The van der Waals surface area contributed by atoms with Crippen molar-refractivity contribution in [2.24, 2.45) is 0 Å². The van der Waals surface area contributed by atoms with Gasteiger partial charge in [0.1, 0.15) is 11.6 Å². The molecule has 4 heteroatoms. The van der Waals surface area contributed by atoms with Crippen molar-refractivity contribution in [2.45, 2.75) is 18.2 Å². The van der Waals surface area contributed by atoms with E-state index in [4.69, 9.17) is 0 Å². The molecule has 2 atom stereocenters. The van der Waals surface area contributed by atoms with Gasteiger partial charge >= 0.3 is 0 Å². The van der Waals surface area contributed by atoms with E-state index in [1.807, 2.05) is 0 Å². The molecule has 0 saturated carbocycles. The molecule has 1 aliphatic rings. The van der Waals surface area contributed by atoms with Gasteiger partial charge < -0.3 is 5.32 Å². The number of nitrogens with one attached hydrogen (secondary N) is 1. The molecule has 1 nitrogen and oxygen atoms in total.